The molecule has 0 spiro atoms. The third-order valence-electron chi connectivity index (χ3n) is 4.16. The molecule has 0 bridgehead atoms. The molecule has 0 fully saturated rings. The molecule has 14 nitrogen and oxygen atoms in total. The molecule has 0 heterocycles. The summed E-state index contributed by atoms with van der Waals surface area (Å²) >= 11 is 0. The number of rotatable bonds is 16. The van der Waals surface area contributed by atoms with E-state index >= 15 is 0 Å². The van der Waals surface area contributed by atoms with E-state index in [0.717, 1.165) is 0 Å². The fourth-order valence-corrected chi connectivity index (χ4v) is 2.51. The highest BCUT2D eigenvalue weighted by Crippen LogP contribution is 2.05. The Hall–Kier alpha value is -2.97. The van der Waals surface area contributed by atoms with Crippen molar-refractivity contribution in [2.24, 2.45) is 27.9 Å². The van der Waals surface area contributed by atoms with Crippen LogP contribution in [0.4, 0.5) is 0 Å². The van der Waals surface area contributed by atoms with Crippen molar-refractivity contribution < 1.29 is 29.4 Å². The summed E-state index contributed by atoms with van der Waals surface area (Å²) in [7, 11) is 0. The lowest BCUT2D eigenvalue weighted by Crippen LogP contribution is -2.57. The highest BCUT2D eigenvalue weighted by molar-refractivity contribution is 5.93. The Morgan fingerprint density at radius 3 is 1.94 bits per heavy atom. The summed E-state index contributed by atoms with van der Waals surface area (Å²) in [4.78, 5) is 51.7. The van der Waals surface area contributed by atoms with E-state index in [1.165, 1.54) is 0 Å². The number of aliphatic hydroxyl groups excluding tert-OH is 1. The van der Waals surface area contributed by atoms with Gasteiger partial charge in [-0.1, -0.05) is 0 Å². The van der Waals surface area contributed by atoms with E-state index in [0.29, 0.717) is 25.8 Å². The van der Waals surface area contributed by atoms with Crippen molar-refractivity contribution in [3.8, 4) is 0 Å². The molecule has 31 heavy (non-hydrogen) atoms. The molecule has 0 aliphatic rings. The first kappa shape index (κ1) is 28.0. The summed E-state index contributed by atoms with van der Waals surface area (Å²) in [6.07, 6.45) is 1.60. The third kappa shape index (κ3) is 12.3. The van der Waals surface area contributed by atoms with Gasteiger partial charge in [0.15, 0.2) is 5.96 Å². The minimum atomic E-state index is -1.31. The van der Waals surface area contributed by atoms with Gasteiger partial charge in [0.2, 0.25) is 17.7 Å². The van der Waals surface area contributed by atoms with E-state index in [1.807, 2.05) is 0 Å². The number of nitrogens with zero attached hydrogens (tertiary/aromatic N) is 1. The fourth-order valence-electron chi connectivity index (χ4n) is 2.51. The van der Waals surface area contributed by atoms with Crippen LogP contribution < -0.4 is 38.9 Å². The number of aliphatic hydroxyl groups is 1. The average molecular weight is 447 g/mol. The number of nitrogens with two attached hydrogens (primary N) is 4. The molecule has 0 radical (unpaired) electrons. The molecule has 3 amide bonds. The Morgan fingerprint density at radius 1 is 0.839 bits per heavy atom. The second-order valence-electron chi connectivity index (χ2n) is 6.70. The zero-order chi connectivity index (χ0) is 23.8. The number of aliphatic carboxylic acids is 1. The SMILES string of the molecule is NCCCCC(NC(=O)C(CO)NC(=O)CN)C(=O)NC(CCCN=C(N)N)C(=O)O. The molecule has 0 aromatic carbocycles. The molecule has 0 aromatic rings. The molecule has 0 aliphatic carbocycles. The first-order valence-electron chi connectivity index (χ1n) is 9.85. The van der Waals surface area contributed by atoms with Gasteiger partial charge in [-0.3, -0.25) is 19.4 Å². The van der Waals surface area contributed by atoms with Gasteiger partial charge >= 0.3 is 5.97 Å². The molecule has 0 saturated heterocycles. The van der Waals surface area contributed by atoms with Gasteiger partial charge in [-0.05, 0) is 38.6 Å². The van der Waals surface area contributed by atoms with E-state index < -0.39 is 48.4 Å². The van der Waals surface area contributed by atoms with Gasteiger partial charge in [0.25, 0.3) is 0 Å². The van der Waals surface area contributed by atoms with Gasteiger partial charge in [0.05, 0.1) is 13.2 Å². The highest BCUT2D eigenvalue weighted by Gasteiger charge is 2.28. The van der Waals surface area contributed by atoms with Crippen LogP contribution in [0, 0.1) is 0 Å². The number of hydrogen-bond acceptors (Lipinski definition) is 8. The molecule has 0 aromatic heterocycles. The van der Waals surface area contributed by atoms with E-state index in [4.69, 9.17) is 22.9 Å². The van der Waals surface area contributed by atoms with Gasteiger partial charge in [-0.2, -0.15) is 0 Å². The maximum atomic E-state index is 12.7. The Balaban J connectivity index is 5.14. The summed E-state index contributed by atoms with van der Waals surface area (Å²) in [6.45, 7) is -0.532. The largest absolute Gasteiger partial charge is 0.480 e. The predicted octanol–water partition coefficient (Wildman–Crippen LogP) is -4.34. The number of carbonyl (C=O) groups is 4. The number of carboxylic acids is 1. The molecule has 3 unspecified atom stereocenters. The lowest BCUT2D eigenvalue weighted by Gasteiger charge is -2.23. The smallest absolute Gasteiger partial charge is 0.326 e. The highest BCUT2D eigenvalue weighted by atomic mass is 16.4. The minimum absolute atomic E-state index is 0.0626. The standard InChI is InChI=1S/C17H34N8O6/c18-6-2-1-4-10(24-15(29)12(9-26)23-13(27)8-19)14(28)25-11(16(30)31)5-3-7-22-17(20)21/h10-12,26H,1-9,18-19H2,(H,23,27)(H,24,29)(H,25,28)(H,30,31)(H4,20,21,22). The molecule has 14 heteroatoms. The zero-order valence-corrected chi connectivity index (χ0v) is 17.4. The van der Waals surface area contributed by atoms with Crippen LogP contribution in [-0.2, 0) is 19.2 Å². The van der Waals surface area contributed by atoms with Crippen molar-refractivity contribution in [3.05, 3.63) is 0 Å². The summed E-state index contributed by atoms with van der Waals surface area (Å²) in [5.41, 5.74) is 21.1. The molecule has 3 atom stereocenters. The van der Waals surface area contributed by atoms with Crippen molar-refractivity contribution in [3.63, 3.8) is 0 Å². The molecule has 0 saturated carbocycles. The molecular weight excluding hydrogens is 412 g/mol. The fraction of sp³-hybridized carbons (Fsp3) is 0.706. The Morgan fingerprint density at radius 2 is 1.42 bits per heavy atom. The molecule has 13 N–H and O–H groups in total. The van der Waals surface area contributed by atoms with Crippen LogP contribution in [0.15, 0.2) is 4.99 Å². The van der Waals surface area contributed by atoms with E-state index in [-0.39, 0.29) is 31.9 Å². The third-order valence-corrected chi connectivity index (χ3v) is 4.16. The maximum Gasteiger partial charge on any atom is 0.326 e. The van der Waals surface area contributed by atoms with Crippen molar-refractivity contribution in [1.29, 1.82) is 0 Å². The number of amides is 3. The summed E-state index contributed by atoms with van der Waals surface area (Å²) in [5.74, 6) is -3.57. The molecule has 0 aliphatic heterocycles. The number of guanidine groups is 1. The number of nitrogens with one attached hydrogen (secondary N) is 3. The van der Waals surface area contributed by atoms with Crippen LogP contribution in [0.2, 0.25) is 0 Å². The van der Waals surface area contributed by atoms with Crippen molar-refractivity contribution >= 4 is 29.7 Å². The van der Waals surface area contributed by atoms with Crippen molar-refractivity contribution in [1.82, 2.24) is 16.0 Å². The summed E-state index contributed by atoms with van der Waals surface area (Å²) < 4.78 is 0. The monoisotopic (exact) mass is 446 g/mol. The summed E-state index contributed by atoms with van der Waals surface area (Å²) in [6, 6.07) is -3.63. The van der Waals surface area contributed by atoms with Gasteiger partial charge in [-0.25, -0.2) is 4.79 Å². The number of hydrogen-bond donors (Lipinski definition) is 9. The zero-order valence-electron chi connectivity index (χ0n) is 17.4. The second-order valence-corrected chi connectivity index (χ2v) is 6.70. The number of unbranched alkanes of at least 4 members (excludes halogenated alkanes) is 1. The van der Waals surface area contributed by atoms with Crippen LogP contribution in [-0.4, -0.2) is 84.2 Å². The van der Waals surface area contributed by atoms with Crippen LogP contribution in [0.5, 0.6) is 0 Å². The van der Waals surface area contributed by atoms with E-state index in [1.54, 1.807) is 0 Å². The molecule has 178 valence electrons. The quantitative estimate of drug-likeness (QED) is 0.0624. The van der Waals surface area contributed by atoms with Crippen molar-refractivity contribution in [2.45, 2.75) is 50.2 Å². The van der Waals surface area contributed by atoms with Gasteiger partial charge in [0.1, 0.15) is 18.1 Å². The van der Waals surface area contributed by atoms with Crippen molar-refractivity contribution in [2.75, 3.05) is 26.2 Å². The van der Waals surface area contributed by atoms with Crippen LogP contribution in [0.1, 0.15) is 32.1 Å². The van der Waals surface area contributed by atoms with Crippen LogP contribution in [0.25, 0.3) is 0 Å². The van der Waals surface area contributed by atoms with Crippen LogP contribution >= 0.6 is 0 Å². The van der Waals surface area contributed by atoms with E-state index in [2.05, 4.69) is 20.9 Å². The Bertz CT molecular complexity index is 626. The minimum Gasteiger partial charge on any atom is -0.480 e. The molecular formula is C17H34N8O6. The number of carboxylic acid groups (broad SMARTS) is 1. The average Bonchev–Trinajstić information content (AvgIpc) is 2.72. The van der Waals surface area contributed by atoms with Crippen LogP contribution in [0.3, 0.4) is 0 Å². The Kier molecular flexibility index (Phi) is 14.3. The predicted molar refractivity (Wildman–Crippen MR) is 112 cm³/mol. The Labute approximate surface area is 180 Å². The number of carbonyl (C=O) groups excluding carboxylic acids is 3. The van der Waals surface area contributed by atoms with E-state index in [9.17, 15) is 29.4 Å². The topological polar surface area (TPSA) is 261 Å². The normalized spacial score (nSPS) is 13.4. The lowest BCUT2D eigenvalue weighted by molar-refractivity contribution is -0.142. The maximum absolute atomic E-state index is 12.7. The number of aliphatic imine (C=N–C) groups is 1. The van der Waals surface area contributed by atoms with Gasteiger partial charge in [0, 0.05) is 6.54 Å². The first-order valence-corrected chi connectivity index (χ1v) is 9.85. The molecule has 0 rings (SSSR count). The second kappa shape index (κ2) is 15.8. The van der Waals surface area contributed by atoms with Gasteiger partial charge < -0.3 is 49.1 Å². The first-order chi connectivity index (χ1) is 14.7. The lowest BCUT2D eigenvalue weighted by atomic mass is 10.1. The van der Waals surface area contributed by atoms with Gasteiger partial charge in [-0.15, -0.1) is 0 Å². The summed E-state index contributed by atoms with van der Waals surface area (Å²) in [5, 5.41) is 25.7.